The summed E-state index contributed by atoms with van der Waals surface area (Å²) in [7, 11) is -0.936. The Kier molecular flexibility index (Phi) is 7.73. The Hall–Kier alpha value is -2.94. The van der Waals surface area contributed by atoms with Gasteiger partial charge in [0.25, 0.3) is 5.91 Å². The van der Waals surface area contributed by atoms with E-state index in [1.165, 1.54) is 44.6 Å². The molecule has 0 unspecified atom stereocenters. The number of carbonyl (C=O) groups excluding carboxylic acids is 1. The van der Waals surface area contributed by atoms with Gasteiger partial charge in [0.1, 0.15) is 0 Å². The zero-order chi connectivity index (χ0) is 24.2. The van der Waals surface area contributed by atoms with Crippen molar-refractivity contribution in [2.24, 2.45) is 0 Å². The molecule has 0 aliphatic heterocycles. The van der Waals surface area contributed by atoms with Crippen molar-refractivity contribution in [1.29, 1.82) is 0 Å². The maximum absolute atomic E-state index is 13.3. The summed E-state index contributed by atoms with van der Waals surface area (Å²) in [5.41, 5.74) is 1.28. The molecule has 0 atom stereocenters. The molecule has 33 heavy (non-hydrogen) atoms. The number of nitrogens with zero attached hydrogens (tertiary/aromatic N) is 1. The maximum atomic E-state index is 13.3. The Morgan fingerprint density at radius 2 is 1.52 bits per heavy atom. The van der Waals surface area contributed by atoms with E-state index in [0.29, 0.717) is 15.7 Å². The minimum absolute atomic E-state index is 0.0123. The number of rotatable bonds is 8. The fraction of sp³-hybridized carbons (Fsp3) is 0.174. The van der Waals surface area contributed by atoms with Crippen LogP contribution in [0.15, 0.2) is 60.7 Å². The number of sulfonamides is 1. The number of methoxy groups -OCH3 is 2. The summed E-state index contributed by atoms with van der Waals surface area (Å²) in [6.45, 7) is 0.0123. The molecule has 0 saturated heterocycles. The first-order chi connectivity index (χ1) is 15.6. The van der Waals surface area contributed by atoms with E-state index in [9.17, 15) is 13.2 Å². The molecule has 174 valence electrons. The average molecular weight is 509 g/mol. The van der Waals surface area contributed by atoms with Gasteiger partial charge in [0.05, 0.1) is 38.3 Å². The van der Waals surface area contributed by atoms with Gasteiger partial charge in [0.2, 0.25) is 10.0 Å². The van der Waals surface area contributed by atoms with E-state index in [1.807, 2.05) is 6.07 Å². The monoisotopic (exact) mass is 508 g/mol. The van der Waals surface area contributed by atoms with Crippen LogP contribution in [0.2, 0.25) is 10.0 Å². The van der Waals surface area contributed by atoms with Crippen LogP contribution in [0, 0.1) is 0 Å². The van der Waals surface area contributed by atoms with Gasteiger partial charge >= 0.3 is 0 Å². The molecule has 1 N–H and O–H groups in total. The number of amides is 1. The third-order valence-corrected chi connectivity index (χ3v) is 6.27. The van der Waals surface area contributed by atoms with E-state index < -0.39 is 15.9 Å². The Labute approximate surface area is 202 Å². The van der Waals surface area contributed by atoms with Crippen molar-refractivity contribution < 1.29 is 22.7 Å². The zero-order valence-electron chi connectivity index (χ0n) is 18.1. The highest BCUT2D eigenvalue weighted by Gasteiger charge is 2.26. The number of hydrogen-bond acceptors (Lipinski definition) is 5. The lowest BCUT2D eigenvalue weighted by Crippen LogP contribution is -2.31. The third kappa shape index (κ3) is 6.10. The number of benzene rings is 3. The first-order valence-corrected chi connectivity index (χ1v) is 12.3. The minimum atomic E-state index is -3.79. The predicted octanol–water partition coefficient (Wildman–Crippen LogP) is 5.23. The molecule has 0 saturated carbocycles. The molecule has 0 aliphatic rings. The SMILES string of the molecule is COc1cc(C(=O)Nc2cc(Cl)cc(Cl)c2)c(N(Cc2ccccc2)S(C)(=O)=O)cc1OC. The summed E-state index contributed by atoms with van der Waals surface area (Å²) >= 11 is 12.1. The van der Waals surface area contributed by atoms with E-state index in [-0.39, 0.29) is 29.3 Å². The number of halogens is 2. The van der Waals surface area contributed by atoms with Gasteiger partial charge in [0, 0.05) is 21.8 Å². The first-order valence-electron chi connectivity index (χ1n) is 9.67. The van der Waals surface area contributed by atoms with E-state index >= 15 is 0 Å². The number of hydrogen-bond donors (Lipinski definition) is 1. The van der Waals surface area contributed by atoms with Crippen molar-refractivity contribution in [3.63, 3.8) is 0 Å². The smallest absolute Gasteiger partial charge is 0.257 e. The summed E-state index contributed by atoms with van der Waals surface area (Å²) in [6.07, 6.45) is 1.07. The van der Waals surface area contributed by atoms with E-state index in [0.717, 1.165) is 16.1 Å². The van der Waals surface area contributed by atoms with Gasteiger partial charge in [-0.05, 0) is 29.8 Å². The van der Waals surface area contributed by atoms with Gasteiger partial charge in [-0.3, -0.25) is 9.10 Å². The van der Waals surface area contributed by atoms with Crippen molar-refractivity contribution in [2.75, 3.05) is 30.1 Å². The van der Waals surface area contributed by atoms with Crippen molar-refractivity contribution in [3.05, 3.63) is 81.8 Å². The summed E-state index contributed by atoms with van der Waals surface area (Å²) in [6, 6.07) is 16.5. The molecular formula is C23H22Cl2N2O5S. The Morgan fingerprint density at radius 1 is 0.939 bits per heavy atom. The second-order valence-corrected chi connectivity index (χ2v) is 9.87. The van der Waals surface area contributed by atoms with E-state index in [1.54, 1.807) is 24.3 Å². The van der Waals surface area contributed by atoms with Gasteiger partial charge in [-0.25, -0.2) is 8.42 Å². The number of carbonyl (C=O) groups is 1. The van der Waals surface area contributed by atoms with Gasteiger partial charge < -0.3 is 14.8 Å². The summed E-state index contributed by atoms with van der Waals surface area (Å²) in [5.74, 6) is -0.0359. The van der Waals surface area contributed by atoms with Crippen LogP contribution >= 0.6 is 23.2 Å². The lowest BCUT2D eigenvalue weighted by Gasteiger charge is -2.26. The maximum Gasteiger partial charge on any atom is 0.257 e. The molecule has 0 fully saturated rings. The molecule has 0 heterocycles. The van der Waals surface area contributed by atoms with E-state index in [2.05, 4.69) is 5.32 Å². The molecular weight excluding hydrogens is 487 g/mol. The van der Waals surface area contributed by atoms with Crippen LogP contribution in [0.5, 0.6) is 11.5 Å². The highest BCUT2D eigenvalue weighted by Crippen LogP contribution is 2.37. The van der Waals surface area contributed by atoms with Crippen LogP contribution in [0.3, 0.4) is 0 Å². The fourth-order valence-corrected chi connectivity index (χ4v) is 4.63. The molecule has 3 aromatic carbocycles. The highest BCUT2D eigenvalue weighted by atomic mass is 35.5. The fourth-order valence-electron chi connectivity index (χ4n) is 3.21. The van der Waals surface area contributed by atoms with Crippen LogP contribution in [0.1, 0.15) is 15.9 Å². The molecule has 0 aliphatic carbocycles. The lowest BCUT2D eigenvalue weighted by atomic mass is 10.1. The molecule has 0 radical (unpaired) electrons. The minimum Gasteiger partial charge on any atom is -0.493 e. The van der Waals surface area contributed by atoms with Crippen molar-refractivity contribution in [1.82, 2.24) is 0 Å². The molecule has 1 amide bonds. The zero-order valence-corrected chi connectivity index (χ0v) is 20.5. The van der Waals surface area contributed by atoms with Crippen molar-refractivity contribution in [2.45, 2.75) is 6.54 Å². The Bertz CT molecular complexity index is 1250. The van der Waals surface area contributed by atoms with E-state index in [4.69, 9.17) is 32.7 Å². The molecule has 10 heteroatoms. The van der Waals surface area contributed by atoms with Crippen LogP contribution in [-0.2, 0) is 16.6 Å². The van der Waals surface area contributed by atoms with Crippen LogP contribution in [0.4, 0.5) is 11.4 Å². The van der Waals surface area contributed by atoms with Gasteiger partial charge in [-0.15, -0.1) is 0 Å². The highest BCUT2D eigenvalue weighted by molar-refractivity contribution is 7.92. The summed E-state index contributed by atoms with van der Waals surface area (Å²) in [5, 5.41) is 3.39. The van der Waals surface area contributed by atoms with Crippen LogP contribution < -0.4 is 19.1 Å². The third-order valence-electron chi connectivity index (χ3n) is 4.70. The standard InChI is InChI=1S/C23H22Cl2N2O5S/c1-31-21-12-19(23(28)26-18-10-16(24)9-17(25)11-18)20(13-22(21)32-2)27(33(3,29)30)14-15-7-5-4-6-8-15/h4-13H,14H2,1-3H3,(H,26,28). The second kappa shape index (κ2) is 10.3. The van der Waals surface area contributed by atoms with Crippen molar-refractivity contribution in [3.8, 4) is 11.5 Å². The molecule has 3 rings (SSSR count). The Balaban J connectivity index is 2.14. The molecule has 0 spiro atoms. The van der Waals surface area contributed by atoms with Gasteiger partial charge in [-0.2, -0.15) is 0 Å². The average Bonchev–Trinajstić information content (AvgIpc) is 2.75. The largest absolute Gasteiger partial charge is 0.493 e. The molecule has 7 nitrogen and oxygen atoms in total. The predicted molar refractivity (Wildman–Crippen MR) is 131 cm³/mol. The van der Waals surface area contributed by atoms with Crippen LogP contribution in [0.25, 0.3) is 0 Å². The summed E-state index contributed by atoms with van der Waals surface area (Å²) in [4.78, 5) is 13.3. The van der Waals surface area contributed by atoms with Gasteiger partial charge in [0.15, 0.2) is 11.5 Å². The second-order valence-electron chi connectivity index (χ2n) is 7.09. The normalized spacial score (nSPS) is 11.1. The van der Waals surface area contributed by atoms with Gasteiger partial charge in [-0.1, -0.05) is 53.5 Å². The summed E-state index contributed by atoms with van der Waals surface area (Å²) < 4.78 is 37.4. The molecule has 0 aromatic heterocycles. The Morgan fingerprint density at radius 3 is 2.06 bits per heavy atom. The van der Waals surface area contributed by atoms with Crippen LogP contribution in [-0.4, -0.2) is 34.8 Å². The lowest BCUT2D eigenvalue weighted by molar-refractivity contribution is 0.102. The quantitative estimate of drug-likeness (QED) is 0.450. The number of nitrogens with one attached hydrogen (secondary N) is 1. The number of anilines is 2. The van der Waals surface area contributed by atoms with Crippen molar-refractivity contribution >= 4 is 50.5 Å². The molecule has 3 aromatic rings. The first kappa shape index (κ1) is 24.7. The molecule has 0 bridgehead atoms. The topological polar surface area (TPSA) is 84.9 Å². The number of ether oxygens (including phenoxy) is 2.